The molecule has 0 aromatic rings. The van der Waals surface area contributed by atoms with Crippen molar-refractivity contribution in [2.75, 3.05) is 13.2 Å². The van der Waals surface area contributed by atoms with E-state index in [-0.39, 0.29) is 50.1 Å². The number of hydrogen-bond acceptors (Lipinski definition) is 4. The van der Waals surface area contributed by atoms with E-state index in [9.17, 15) is 19.5 Å². The van der Waals surface area contributed by atoms with Crippen LogP contribution in [0.25, 0.3) is 0 Å². The van der Waals surface area contributed by atoms with Crippen LogP contribution in [0.5, 0.6) is 0 Å². The Kier molecular flexibility index (Phi) is 5.47. The second-order valence-corrected chi connectivity index (χ2v) is 4.88. The fourth-order valence-electron chi connectivity index (χ4n) is 2.13. The van der Waals surface area contributed by atoms with E-state index in [4.69, 9.17) is 0 Å². The highest BCUT2D eigenvalue weighted by Gasteiger charge is 2.30. The zero-order valence-corrected chi connectivity index (χ0v) is 11.6. The van der Waals surface area contributed by atoms with Crippen molar-refractivity contribution in [3.05, 3.63) is 0 Å². The molecular formula is C13H22N2O4. The molecule has 1 saturated heterocycles. The van der Waals surface area contributed by atoms with Gasteiger partial charge in [-0.3, -0.25) is 19.3 Å². The smallest absolute Gasteiger partial charge is 0.229 e. The Morgan fingerprint density at radius 2 is 1.79 bits per heavy atom. The number of hydrogen-bond donors (Lipinski definition) is 2. The average molecular weight is 270 g/mol. The van der Waals surface area contributed by atoms with Crippen molar-refractivity contribution < 1.29 is 19.5 Å². The number of rotatable bonds is 7. The predicted molar refractivity (Wildman–Crippen MR) is 69.1 cm³/mol. The minimum absolute atomic E-state index is 0.0826. The summed E-state index contributed by atoms with van der Waals surface area (Å²) in [6.45, 7) is 3.80. The Morgan fingerprint density at radius 1 is 1.26 bits per heavy atom. The number of carbonyl (C=O) groups is 3. The molecule has 0 unspecified atom stereocenters. The van der Waals surface area contributed by atoms with Crippen LogP contribution in [-0.4, -0.2) is 46.4 Å². The summed E-state index contributed by atoms with van der Waals surface area (Å²) in [5.74, 6) is -0.667. The van der Waals surface area contributed by atoms with Gasteiger partial charge in [0.2, 0.25) is 17.7 Å². The highest BCUT2D eigenvalue weighted by atomic mass is 16.3. The van der Waals surface area contributed by atoms with Gasteiger partial charge in [0, 0.05) is 25.8 Å². The molecule has 0 spiro atoms. The first-order chi connectivity index (χ1) is 8.98. The number of imide groups is 1. The Morgan fingerprint density at radius 3 is 2.21 bits per heavy atom. The largest absolute Gasteiger partial charge is 0.394 e. The molecule has 0 saturated carbocycles. The summed E-state index contributed by atoms with van der Waals surface area (Å²) < 4.78 is 0. The van der Waals surface area contributed by atoms with Crippen LogP contribution in [0.1, 0.15) is 46.0 Å². The van der Waals surface area contributed by atoms with E-state index in [0.29, 0.717) is 12.8 Å². The molecule has 0 atom stereocenters. The van der Waals surface area contributed by atoms with E-state index >= 15 is 0 Å². The first kappa shape index (κ1) is 15.6. The number of carbonyl (C=O) groups excluding carboxylic acids is 3. The van der Waals surface area contributed by atoms with Crippen molar-refractivity contribution in [3.8, 4) is 0 Å². The standard InChI is InChI=1S/C13H22N2O4/c1-3-13(4-2,9-16)14-10(17)7-8-15-11(18)5-6-12(15)19/h16H,3-9H2,1-2H3,(H,14,17). The summed E-state index contributed by atoms with van der Waals surface area (Å²) in [6, 6.07) is 0. The van der Waals surface area contributed by atoms with Gasteiger partial charge < -0.3 is 10.4 Å². The molecule has 0 aliphatic carbocycles. The molecule has 1 aliphatic rings. The van der Waals surface area contributed by atoms with Gasteiger partial charge in [-0.1, -0.05) is 13.8 Å². The molecule has 108 valence electrons. The molecule has 1 rings (SSSR count). The number of likely N-dealkylation sites (tertiary alicyclic amines) is 1. The summed E-state index contributed by atoms with van der Waals surface area (Å²) in [5, 5.41) is 12.2. The topological polar surface area (TPSA) is 86.7 Å². The Labute approximate surface area is 113 Å². The van der Waals surface area contributed by atoms with Crippen LogP contribution < -0.4 is 5.32 Å². The van der Waals surface area contributed by atoms with Gasteiger partial charge >= 0.3 is 0 Å². The second kappa shape index (κ2) is 6.65. The summed E-state index contributed by atoms with van der Waals surface area (Å²) in [7, 11) is 0. The van der Waals surface area contributed by atoms with Crippen LogP contribution in [0.2, 0.25) is 0 Å². The lowest BCUT2D eigenvalue weighted by atomic mass is 9.93. The van der Waals surface area contributed by atoms with Gasteiger partial charge in [-0.05, 0) is 12.8 Å². The molecular weight excluding hydrogens is 248 g/mol. The zero-order valence-electron chi connectivity index (χ0n) is 11.6. The van der Waals surface area contributed by atoms with Crippen molar-refractivity contribution in [3.63, 3.8) is 0 Å². The van der Waals surface area contributed by atoms with Crippen LogP contribution in [0, 0.1) is 0 Å². The predicted octanol–water partition coefficient (Wildman–Crippen LogP) is 0.193. The zero-order chi connectivity index (χ0) is 14.5. The van der Waals surface area contributed by atoms with E-state index in [1.165, 1.54) is 0 Å². The van der Waals surface area contributed by atoms with Crippen LogP contribution >= 0.6 is 0 Å². The van der Waals surface area contributed by atoms with Crippen LogP contribution in [0.15, 0.2) is 0 Å². The molecule has 2 N–H and O–H groups in total. The third kappa shape index (κ3) is 3.76. The lowest BCUT2D eigenvalue weighted by Crippen LogP contribution is -2.51. The van der Waals surface area contributed by atoms with E-state index in [2.05, 4.69) is 5.32 Å². The van der Waals surface area contributed by atoms with E-state index < -0.39 is 5.54 Å². The van der Waals surface area contributed by atoms with Crippen molar-refractivity contribution in [2.45, 2.75) is 51.5 Å². The average Bonchev–Trinajstić information content (AvgIpc) is 2.73. The molecule has 19 heavy (non-hydrogen) atoms. The number of aliphatic hydroxyl groups excluding tert-OH is 1. The van der Waals surface area contributed by atoms with Crippen molar-refractivity contribution in [2.24, 2.45) is 0 Å². The lowest BCUT2D eigenvalue weighted by Gasteiger charge is -2.31. The Balaban J connectivity index is 2.47. The maximum absolute atomic E-state index is 11.8. The summed E-state index contributed by atoms with van der Waals surface area (Å²) in [6.07, 6.45) is 1.83. The fourth-order valence-corrected chi connectivity index (χ4v) is 2.13. The van der Waals surface area contributed by atoms with E-state index in [0.717, 1.165) is 4.90 Å². The summed E-state index contributed by atoms with van der Waals surface area (Å²) in [4.78, 5) is 35.7. The number of aliphatic hydroxyl groups is 1. The van der Waals surface area contributed by atoms with Gasteiger partial charge in [0.1, 0.15) is 0 Å². The Bertz CT molecular complexity index is 339. The molecule has 0 aromatic carbocycles. The van der Waals surface area contributed by atoms with E-state index in [1.54, 1.807) is 0 Å². The number of nitrogens with one attached hydrogen (secondary N) is 1. The third-order valence-electron chi connectivity index (χ3n) is 3.78. The molecule has 1 heterocycles. The molecule has 0 radical (unpaired) electrons. The van der Waals surface area contributed by atoms with Crippen LogP contribution in [-0.2, 0) is 14.4 Å². The van der Waals surface area contributed by atoms with Crippen molar-refractivity contribution >= 4 is 17.7 Å². The number of amides is 3. The van der Waals surface area contributed by atoms with E-state index in [1.807, 2.05) is 13.8 Å². The molecule has 6 nitrogen and oxygen atoms in total. The summed E-state index contributed by atoms with van der Waals surface area (Å²) in [5.41, 5.74) is -0.601. The lowest BCUT2D eigenvalue weighted by molar-refractivity contribution is -0.138. The third-order valence-corrected chi connectivity index (χ3v) is 3.78. The SMILES string of the molecule is CCC(CC)(CO)NC(=O)CCN1C(=O)CCC1=O. The fraction of sp³-hybridized carbons (Fsp3) is 0.769. The Hall–Kier alpha value is -1.43. The van der Waals surface area contributed by atoms with Gasteiger partial charge in [0.05, 0.1) is 12.1 Å². The highest BCUT2D eigenvalue weighted by molar-refractivity contribution is 6.02. The highest BCUT2D eigenvalue weighted by Crippen LogP contribution is 2.15. The normalized spacial score (nSPS) is 16.1. The minimum atomic E-state index is -0.601. The van der Waals surface area contributed by atoms with Crippen molar-refractivity contribution in [1.82, 2.24) is 10.2 Å². The maximum atomic E-state index is 11.8. The maximum Gasteiger partial charge on any atom is 0.229 e. The van der Waals surface area contributed by atoms with Crippen LogP contribution in [0.3, 0.4) is 0 Å². The molecule has 0 aromatic heterocycles. The molecule has 3 amide bonds. The first-order valence-electron chi connectivity index (χ1n) is 6.73. The molecule has 1 fully saturated rings. The second-order valence-electron chi connectivity index (χ2n) is 4.88. The molecule has 0 bridgehead atoms. The van der Waals surface area contributed by atoms with Gasteiger partial charge in [0.25, 0.3) is 0 Å². The van der Waals surface area contributed by atoms with Gasteiger partial charge in [-0.15, -0.1) is 0 Å². The molecule has 6 heteroatoms. The minimum Gasteiger partial charge on any atom is -0.394 e. The quantitative estimate of drug-likeness (QED) is 0.647. The van der Waals surface area contributed by atoms with Crippen LogP contribution in [0.4, 0.5) is 0 Å². The monoisotopic (exact) mass is 270 g/mol. The van der Waals surface area contributed by atoms with Gasteiger partial charge in [-0.25, -0.2) is 0 Å². The van der Waals surface area contributed by atoms with Gasteiger partial charge in [0.15, 0.2) is 0 Å². The number of nitrogens with zero attached hydrogens (tertiary/aromatic N) is 1. The van der Waals surface area contributed by atoms with Crippen molar-refractivity contribution in [1.29, 1.82) is 0 Å². The van der Waals surface area contributed by atoms with Gasteiger partial charge in [-0.2, -0.15) is 0 Å². The first-order valence-corrected chi connectivity index (χ1v) is 6.73. The summed E-state index contributed by atoms with van der Waals surface area (Å²) >= 11 is 0. The molecule has 1 aliphatic heterocycles.